The van der Waals surface area contributed by atoms with E-state index in [1.54, 1.807) is 0 Å². The topological polar surface area (TPSA) is 59.6 Å². The van der Waals surface area contributed by atoms with Crippen molar-refractivity contribution in [3.63, 3.8) is 0 Å². The average Bonchev–Trinajstić information content (AvgIpc) is 2.50. The lowest BCUT2D eigenvalue weighted by molar-refractivity contribution is 0.0494. The summed E-state index contributed by atoms with van der Waals surface area (Å²) in [5.74, 6) is 0. The molecule has 0 radical (unpaired) electrons. The molecule has 0 aromatic carbocycles. The molecule has 0 aromatic heterocycles. The number of carbonyl (C=O) groups is 1. The molecule has 2 atom stereocenters. The normalized spacial score (nSPS) is 25.5. The number of ether oxygens (including phenoxy) is 2. The number of hydrogen-bond acceptors (Lipinski definition) is 4. The van der Waals surface area contributed by atoms with Gasteiger partial charge in [0.1, 0.15) is 5.60 Å². The summed E-state index contributed by atoms with van der Waals surface area (Å²) in [7, 11) is 0. The second-order valence-corrected chi connectivity index (χ2v) is 4.95. The fraction of sp³-hybridized carbons (Fsp3) is 0.909. The second kappa shape index (κ2) is 5.50. The van der Waals surface area contributed by atoms with E-state index >= 15 is 0 Å². The number of rotatable bonds is 3. The van der Waals surface area contributed by atoms with E-state index in [1.165, 1.54) is 0 Å². The summed E-state index contributed by atoms with van der Waals surface area (Å²) in [4.78, 5) is 11.5. The molecule has 0 bridgehead atoms. The summed E-state index contributed by atoms with van der Waals surface area (Å²) in [6, 6.07) is 0.173. The van der Waals surface area contributed by atoms with Crippen LogP contribution in [0.2, 0.25) is 0 Å². The third-order valence-electron chi connectivity index (χ3n) is 2.25. The molecule has 0 aromatic rings. The second-order valence-electron chi connectivity index (χ2n) is 4.95. The monoisotopic (exact) mass is 230 g/mol. The van der Waals surface area contributed by atoms with Crippen LogP contribution in [0.15, 0.2) is 0 Å². The largest absolute Gasteiger partial charge is 0.444 e. The highest BCUT2D eigenvalue weighted by Crippen LogP contribution is 2.09. The van der Waals surface area contributed by atoms with Gasteiger partial charge in [0.15, 0.2) is 0 Å². The summed E-state index contributed by atoms with van der Waals surface area (Å²) >= 11 is 0. The predicted molar refractivity (Wildman–Crippen MR) is 61.4 cm³/mol. The van der Waals surface area contributed by atoms with Crippen molar-refractivity contribution in [2.24, 2.45) is 0 Å². The van der Waals surface area contributed by atoms with Crippen LogP contribution in [0.3, 0.4) is 0 Å². The Labute approximate surface area is 96.9 Å². The lowest BCUT2D eigenvalue weighted by Gasteiger charge is -2.23. The van der Waals surface area contributed by atoms with Gasteiger partial charge in [-0.2, -0.15) is 0 Å². The van der Waals surface area contributed by atoms with Crippen LogP contribution in [-0.4, -0.2) is 43.5 Å². The van der Waals surface area contributed by atoms with Gasteiger partial charge in [-0.1, -0.05) is 6.92 Å². The van der Waals surface area contributed by atoms with Gasteiger partial charge in [-0.05, 0) is 27.3 Å². The molecule has 0 aliphatic carbocycles. The smallest absolute Gasteiger partial charge is 0.408 e. The molecular formula is C11H22N2O3. The molecule has 2 N–H and O–H groups in total. The Hall–Kier alpha value is -0.810. The van der Waals surface area contributed by atoms with Crippen LogP contribution in [0, 0.1) is 0 Å². The van der Waals surface area contributed by atoms with Crippen LogP contribution in [0.4, 0.5) is 4.79 Å². The van der Waals surface area contributed by atoms with E-state index in [1.807, 2.05) is 27.7 Å². The predicted octanol–water partition coefficient (Wildman–Crippen LogP) is 0.888. The van der Waals surface area contributed by atoms with Gasteiger partial charge in [0.05, 0.1) is 25.3 Å². The van der Waals surface area contributed by atoms with Crippen LogP contribution in [-0.2, 0) is 9.47 Å². The summed E-state index contributed by atoms with van der Waals surface area (Å²) in [6.45, 7) is 9.60. The zero-order valence-electron chi connectivity index (χ0n) is 10.5. The molecular weight excluding hydrogens is 208 g/mol. The fourth-order valence-electron chi connectivity index (χ4n) is 1.62. The molecule has 94 valence electrons. The third-order valence-corrected chi connectivity index (χ3v) is 2.25. The van der Waals surface area contributed by atoms with Gasteiger partial charge in [0.2, 0.25) is 0 Å². The Balaban J connectivity index is 2.38. The first-order chi connectivity index (χ1) is 7.42. The van der Waals surface area contributed by atoms with Crippen molar-refractivity contribution in [2.75, 3.05) is 19.8 Å². The maximum absolute atomic E-state index is 11.5. The van der Waals surface area contributed by atoms with E-state index in [-0.39, 0.29) is 18.2 Å². The Bertz CT molecular complexity index is 238. The van der Waals surface area contributed by atoms with Crippen LogP contribution in [0.25, 0.3) is 0 Å². The van der Waals surface area contributed by atoms with Crippen molar-refractivity contribution in [1.29, 1.82) is 0 Å². The Kier molecular flexibility index (Phi) is 4.56. The van der Waals surface area contributed by atoms with Gasteiger partial charge >= 0.3 is 6.09 Å². The Morgan fingerprint density at radius 2 is 2.00 bits per heavy atom. The van der Waals surface area contributed by atoms with Crippen LogP contribution in [0.1, 0.15) is 27.7 Å². The van der Waals surface area contributed by atoms with Crippen molar-refractivity contribution in [2.45, 2.75) is 45.4 Å². The highest BCUT2D eigenvalue weighted by molar-refractivity contribution is 5.68. The molecule has 5 nitrogen and oxygen atoms in total. The minimum absolute atomic E-state index is 0.00481. The summed E-state index contributed by atoms with van der Waals surface area (Å²) in [5, 5.41) is 6.09. The van der Waals surface area contributed by atoms with E-state index in [0.717, 1.165) is 6.54 Å². The number of amides is 1. The minimum Gasteiger partial charge on any atom is -0.444 e. The Morgan fingerprint density at radius 1 is 1.38 bits per heavy atom. The average molecular weight is 230 g/mol. The van der Waals surface area contributed by atoms with Crippen LogP contribution >= 0.6 is 0 Å². The molecule has 0 unspecified atom stereocenters. The highest BCUT2D eigenvalue weighted by Gasteiger charge is 2.30. The molecule has 1 saturated heterocycles. The number of alkyl carbamates (subject to hydrolysis) is 1. The molecule has 1 rings (SSSR count). The lowest BCUT2D eigenvalue weighted by atomic mass is 10.2. The van der Waals surface area contributed by atoms with Crippen molar-refractivity contribution in [1.82, 2.24) is 10.6 Å². The molecule has 5 heteroatoms. The quantitative estimate of drug-likeness (QED) is 0.756. The maximum atomic E-state index is 11.5. The van der Waals surface area contributed by atoms with Crippen LogP contribution in [0.5, 0.6) is 0 Å². The first kappa shape index (κ1) is 13.3. The number of hydrogen-bond donors (Lipinski definition) is 2. The van der Waals surface area contributed by atoms with E-state index in [9.17, 15) is 4.79 Å². The maximum Gasteiger partial charge on any atom is 0.408 e. The zero-order chi connectivity index (χ0) is 12.2. The van der Waals surface area contributed by atoms with Gasteiger partial charge in [-0.3, -0.25) is 0 Å². The molecule has 1 aliphatic rings. The van der Waals surface area contributed by atoms with E-state index < -0.39 is 5.60 Å². The van der Waals surface area contributed by atoms with E-state index in [4.69, 9.17) is 9.47 Å². The molecule has 0 spiro atoms. The van der Waals surface area contributed by atoms with Gasteiger partial charge in [0, 0.05) is 0 Å². The van der Waals surface area contributed by atoms with Crippen LogP contribution < -0.4 is 10.6 Å². The molecule has 1 fully saturated rings. The molecule has 0 saturated carbocycles. The Morgan fingerprint density at radius 3 is 2.56 bits per heavy atom. The van der Waals surface area contributed by atoms with Gasteiger partial charge in [-0.25, -0.2) is 4.79 Å². The first-order valence-electron chi connectivity index (χ1n) is 5.73. The fourth-order valence-corrected chi connectivity index (χ4v) is 1.62. The van der Waals surface area contributed by atoms with Gasteiger partial charge in [-0.15, -0.1) is 0 Å². The van der Waals surface area contributed by atoms with Crippen molar-refractivity contribution < 1.29 is 14.3 Å². The molecule has 1 aliphatic heterocycles. The summed E-state index contributed by atoms with van der Waals surface area (Å²) in [6.07, 6.45) is -0.383. The highest BCUT2D eigenvalue weighted by atomic mass is 16.6. The molecule has 1 amide bonds. The minimum atomic E-state index is -0.461. The number of carbonyl (C=O) groups excluding carboxylic acids is 1. The standard InChI is InChI=1S/C11H22N2O3/c1-5-12-8-6-15-7-9(8)13-10(14)16-11(2,3)4/h8-9,12H,5-7H2,1-4H3,(H,13,14)/t8-,9-/m0/s1. The summed E-state index contributed by atoms with van der Waals surface area (Å²) in [5.41, 5.74) is -0.461. The molecule has 16 heavy (non-hydrogen) atoms. The SMILES string of the molecule is CCN[C@H]1COC[C@@H]1NC(=O)OC(C)(C)C. The molecule has 1 heterocycles. The van der Waals surface area contributed by atoms with Crippen molar-refractivity contribution in [3.05, 3.63) is 0 Å². The van der Waals surface area contributed by atoms with E-state index in [0.29, 0.717) is 13.2 Å². The lowest BCUT2D eigenvalue weighted by Crippen LogP contribution is -2.50. The van der Waals surface area contributed by atoms with Gasteiger partial charge < -0.3 is 20.1 Å². The van der Waals surface area contributed by atoms with Gasteiger partial charge in [0.25, 0.3) is 0 Å². The van der Waals surface area contributed by atoms with Crippen molar-refractivity contribution in [3.8, 4) is 0 Å². The summed E-state index contributed by atoms with van der Waals surface area (Å²) < 4.78 is 10.5. The number of likely N-dealkylation sites (N-methyl/N-ethyl adjacent to an activating group) is 1. The van der Waals surface area contributed by atoms with E-state index in [2.05, 4.69) is 10.6 Å². The number of nitrogens with one attached hydrogen (secondary N) is 2. The third kappa shape index (κ3) is 4.37. The first-order valence-corrected chi connectivity index (χ1v) is 5.73. The zero-order valence-corrected chi connectivity index (χ0v) is 10.5. The van der Waals surface area contributed by atoms with Crippen molar-refractivity contribution >= 4 is 6.09 Å².